The van der Waals surface area contributed by atoms with E-state index < -0.39 is 0 Å². The van der Waals surface area contributed by atoms with Gasteiger partial charge in [-0.3, -0.25) is 9.69 Å². The molecule has 0 atom stereocenters. The zero-order valence-corrected chi connectivity index (χ0v) is 20.1. The molecule has 33 heavy (non-hydrogen) atoms. The molecule has 0 spiro atoms. The van der Waals surface area contributed by atoms with E-state index >= 15 is 0 Å². The molecule has 0 bridgehead atoms. The summed E-state index contributed by atoms with van der Waals surface area (Å²) in [4.78, 5) is 22.8. The van der Waals surface area contributed by atoms with Gasteiger partial charge in [-0.25, -0.2) is 9.67 Å². The van der Waals surface area contributed by atoms with Crippen LogP contribution in [0.15, 0.2) is 65.5 Å². The van der Waals surface area contributed by atoms with E-state index in [-0.39, 0.29) is 5.91 Å². The number of rotatable bonds is 6. The first kappa shape index (κ1) is 21.8. The minimum Gasteiger partial charge on any atom is -0.337 e. The summed E-state index contributed by atoms with van der Waals surface area (Å²) in [6, 6.07) is 14.1. The predicted octanol–water partition coefficient (Wildman–Crippen LogP) is 4.72. The van der Waals surface area contributed by atoms with Gasteiger partial charge in [-0.2, -0.15) is 5.10 Å². The van der Waals surface area contributed by atoms with Crippen LogP contribution >= 0.6 is 22.7 Å². The Balaban J connectivity index is 1.27. The Kier molecular flexibility index (Phi) is 6.48. The molecule has 0 radical (unpaired) electrons. The summed E-state index contributed by atoms with van der Waals surface area (Å²) in [7, 11) is 0. The lowest BCUT2D eigenvalue weighted by Crippen LogP contribution is -2.47. The molecule has 1 fully saturated rings. The van der Waals surface area contributed by atoms with Gasteiger partial charge in [0.1, 0.15) is 5.69 Å². The van der Waals surface area contributed by atoms with Gasteiger partial charge in [0, 0.05) is 55.9 Å². The average Bonchev–Trinajstić information content (AvgIpc) is 3.60. The van der Waals surface area contributed by atoms with Gasteiger partial charge in [0.05, 0.1) is 21.3 Å². The minimum absolute atomic E-state index is 0.0451. The first-order valence-corrected chi connectivity index (χ1v) is 12.7. The number of hydrogen-bond donors (Lipinski definition) is 0. The number of piperazine rings is 1. The molecule has 1 amide bonds. The van der Waals surface area contributed by atoms with E-state index in [1.54, 1.807) is 28.7 Å². The number of aromatic nitrogens is 3. The largest absolute Gasteiger partial charge is 0.337 e. The van der Waals surface area contributed by atoms with Gasteiger partial charge in [-0.05, 0) is 36.6 Å². The second kappa shape index (κ2) is 9.82. The van der Waals surface area contributed by atoms with Crippen LogP contribution in [0.5, 0.6) is 0 Å². The van der Waals surface area contributed by atoms with Crippen molar-refractivity contribution in [1.29, 1.82) is 0 Å². The number of hydrogen-bond acceptors (Lipinski definition) is 6. The number of amides is 1. The molecule has 0 saturated carbocycles. The summed E-state index contributed by atoms with van der Waals surface area (Å²) in [6.07, 6.45) is 5.57. The molecular formula is C25H25N5OS2. The van der Waals surface area contributed by atoms with Crippen LogP contribution in [0.3, 0.4) is 0 Å². The molecule has 0 aliphatic carbocycles. The van der Waals surface area contributed by atoms with Crippen LogP contribution in [0.1, 0.15) is 16.3 Å². The molecule has 4 heterocycles. The Morgan fingerprint density at radius 3 is 2.58 bits per heavy atom. The average molecular weight is 476 g/mol. The fraction of sp³-hybridized carbons (Fsp3) is 0.240. The Labute approximate surface area is 201 Å². The Bertz CT molecular complexity index is 1240. The molecule has 1 saturated heterocycles. The SMILES string of the molecule is Cc1nc(CN2CCN(C(=O)/C=C/c3cn(-c4ccccc4)nc3-c3cccs3)CC2)cs1. The summed E-state index contributed by atoms with van der Waals surface area (Å²) < 4.78 is 1.87. The first-order chi connectivity index (χ1) is 16.2. The third kappa shape index (κ3) is 5.13. The normalized spacial score (nSPS) is 14.9. The van der Waals surface area contributed by atoms with E-state index in [9.17, 15) is 4.79 Å². The summed E-state index contributed by atoms with van der Waals surface area (Å²) >= 11 is 3.33. The van der Waals surface area contributed by atoms with Crippen LogP contribution in [0.2, 0.25) is 0 Å². The van der Waals surface area contributed by atoms with Crippen molar-refractivity contribution in [2.24, 2.45) is 0 Å². The third-order valence-corrected chi connectivity index (χ3v) is 7.36. The molecule has 168 valence electrons. The van der Waals surface area contributed by atoms with Gasteiger partial charge in [-0.15, -0.1) is 22.7 Å². The van der Waals surface area contributed by atoms with Gasteiger partial charge in [0.2, 0.25) is 5.91 Å². The summed E-state index contributed by atoms with van der Waals surface area (Å²) in [5, 5.41) is 10.1. The van der Waals surface area contributed by atoms with Crippen molar-refractivity contribution in [3.8, 4) is 16.3 Å². The van der Waals surface area contributed by atoms with E-state index in [0.717, 1.165) is 65.2 Å². The van der Waals surface area contributed by atoms with Crippen LogP contribution in [-0.2, 0) is 11.3 Å². The zero-order valence-electron chi connectivity index (χ0n) is 18.4. The lowest BCUT2D eigenvalue weighted by Gasteiger charge is -2.33. The van der Waals surface area contributed by atoms with Crippen LogP contribution < -0.4 is 0 Å². The fourth-order valence-corrected chi connectivity index (χ4v) is 5.26. The smallest absolute Gasteiger partial charge is 0.246 e. The predicted molar refractivity (Wildman–Crippen MR) is 135 cm³/mol. The maximum atomic E-state index is 12.9. The van der Waals surface area contributed by atoms with Crippen molar-refractivity contribution >= 4 is 34.7 Å². The summed E-state index contributed by atoms with van der Waals surface area (Å²) in [5.74, 6) is 0.0451. The fourth-order valence-electron chi connectivity index (χ4n) is 3.93. The Morgan fingerprint density at radius 1 is 1.06 bits per heavy atom. The highest BCUT2D eigenvalue weighted by Gasteiger charge is 2.20. The lowest BCUT2D eigenvalue weighted by atomic mass is 10.2. The maximum absolute atomic E-state index is 12.9. The van der Waals surface area contributed by atoms with Crippen molar-refractivity contribution in [3.63, 3.8) is 0 Å². The maximum Gasteiger partial charge on any atom is 0.246 e. The molecular weight excluding hydrogens is 450 g/mol. The van der Waals surface area contributed by atoms with Crippen molar-refractivity contribution in [3.05, 3.63) is 81.8 Å². The van der Waals surface area contributed by atoms with Gasteiger partial charge in [0.15, 0.2) is 0 Å². The molecule has 0 unspecified atom stereocenters. The highest BCUT2D eigenvalue weighted by Crippen LogP contribution is 2.28. The van der Waals surface area contributed by atoms with Crippen LogP contribution in [0.4, 0.5) is 0 Å². The van der Waals surface area contributed by atoms with Crippen molar-refractivity contribution in [2.75, 3.05) is 26.2 Å². The monoisotopic (exact) mass is 475 g/mol. The summed E-state index contributed by atoms with van der Waals surface area (Å²) in [5.41, 5.74) is 3.94. The molecule has 1 aliphatic heterocycles. The quantitative estimate of drug-likeness (QED) is 0.379. The van der Waals surface area contributed by atoms with E-state index in [1.165, 1.54) is 0 Å². The van der Waals surface area contributed by atoms with Gasteiger partial charge >= 0.3 is 0 Å². The van der Waals surface area contributed by atoms with Crippen LogP contribution in [0.25, 0.3) is 22.3 Å². The summed E-state index contributed by atoms with van der Waals surface area (Å²) in [6.45, 7) is 6.07. The number of thiazole rings is 1. The number of nitrogens with zero attached hydrogens (tertiary/aromatic N) is 5. The van der Waals surface area contributed by atoms with Crippen LogP contribution in [-0.4, -0.2) is 56.7 Å². The topological polar surface area (TPSA) is 54.3 Å². The van der Waals surface area contributed by atoms with E-state index in [0.29, 0.717) is 0 Å². The molecule has 1 aliphatic rings. The van der Waals surface area contributed by atoms with Gasteiger partial charge < -0.3 is 4.90 Å². The number of para-hydroxylation sites is 1. The number of thiophene rings is 1. The van der Waals surface area contributed by atoms with Crippen molar-refractivity contribution in [2.45, 2.75) is 13.5 Å². The number of aryl methyl sites for hydroxylation is 1. The minimum atomic E-state index is 0.0451. The molecule has 8 heteroatoms. The lowest BCUT2D eigenvalue weighted by molar-refractivity contribution is -0.127. The molecule has 0 N–H and O–H groups in total. The standard InChI is InChI=1S/C25H25N5OS2/c1-19-26-21(18-33-19)17-28-11-13-29(14-12-28)24(31)10-9-20-16-30(22-6-3-2-4-7-22)27-25(20)23-8-5-15-32-23/h2-10,15-16,18H,11-14,17H2,1H3/b10-9+. The number of carbonyl (C=O) groups excluding carboxylic acids is 1. The Morgan fingerprint density at radius 2 is 1.88 bits per heavy atom. The molecule has 6 nitrogen and oxygen atoms in total. The zero-order chi connectivity index (χ0) is 22.6. The molecule has 4 aromatic rings. The van der Waals surface area contributed by atoms with E-state index in [4.69, 9.17) is 5.10 Å². The van der Waals surface area contributed by atoms with E-state index in [2.05, 4.69) is 21.3 Å². The van der Waals surface area contributed by atoms with Crippen molar-refractivity contribution in [1.82, 2.24) is 24.6 Å². The molecule has 1 aromatic carbocycles. The second-order valence-electron chi connectivity index (χ2n) is 7.98. The number of benzene rings is 1. The van der Waals surface area contributed by atoms with E-state index in [1.807, 2.05) is 70.6 Å². The van der Waals surface area contributed by atoms with Crippen LogP contribution in [0, 0.1) is 6.92 Å². The first-order valence-electron chi connectivity index (χ1n) is 10.9. The Hall–Kier alpha value is -3.07. The molecule has 3 aromatic heterocycles. The second-order valence-corrected chi connectivity index (χ2v) is 9.99. The van der Waals surface area contributed by atoms with Gasteiger partial charge in [-0.1, -0.05) is 24.3 Å². The highest BCUT2D eigenvalue weighted by molar-refractivity contribution is 7.13. The number of carbonyl (C=O) groups is 1. The van der Waals surface area contributed by atoms with Gasteiger partial charge in [0.25, 0.3) is 0 Å². The highest BCUT2D eigenvalue weighted by atomic mass is 32.1. The van der Waals surface area contributed by atoms with Crippen molar-refractivity contribution < 1.29 is 4.79 Å². The molecule has 5 rings (SSSR count). The third-order valence-electron chi connectivity index (χ3n) is 5.66.